The summed E-state index contributed by atoms with van der Waals surface area (Å²) < 4.78 is 0. The predicted molar refractivity (Wildman–Crippen MR) is 80.7 cm³/mol. The Bertz CT molecular complexity index is 434. The lowest BCUT2D eigenvalue weighted by Crippen LogP contribution is -2.37. The van der Waals surface area contributed by atoms with Gasteiger partial charge in [-0.15, -0.1) is 0 Å². The third kappa shape index (κ3) is 3.30. The zero-order valence-corrected chi connectivity index (χ0v) is 12.1. The second kappa shape index (κ2) is 5.81. The van der Waals surface area contributed by atoms with E-state index < -0.39 is 0 Å². The lowest BCUT2D eigenvalue weighted by Gasteiger charge is -2.31. The summed E-state index contributed by atoms with van der Waals surface area (Å²) in [6.45, 7) is 7.61. The van der Waals surface area contributed by atoms with Crippen molar-refractivity contribution in [1.82, 2.24) is 4.90 Å². The van der Waals surface area contributed by atoms with Crippen LogP contribution in [-0.4, -0.2) is 23.0 Å². The number of piperidine rings is 1. The van der Waals surface area contributed by atoms with Gasteiger partial charge in [0.05, 0.1) is 4.99 Å². The molecule has 0 radical (unpaired) electrons. The molecule has 0 unspecified atom stereocenters. The summed E-state index contributed by atoms with van der Waals surface area (Å²) in [5, 5.41) is 0. The first-order chi connectivity index (χ1) is 8.56. The summed E-state index contributed by atoms with van der Waals surface area (Å²) in [5.41, 5.74) is 9.90. The fourth-order valence-electron chi connectivity index (χ4n) is 2.59. The van der Waals surface area contributed by atoms with Crippen molar-refractivity contribution in [1.29, 1.82) is 0 Å². The van der Waals surface area contributed by atoms with Gasteiger partial charge < -0.3 is 5.73 Å². The Morgan fingerprint density at radius 2 is 2.00 bits per heavy atom. The van der Waals surface area contributed by atoms with Gasteiger partial charge in [-0.05, 0) is 50.9 Å². The molecular weight excluding hydrogens is 240 g/mol. The van der Waals surface area contributed by atoms with E-state index in [1.165, 1.54) is 16.7 Å². The molecule has 1 fully saturated rings. The number of aryl methyl sites for hydroxylation is 2. The summed E-state index contributed by atoms with van der Waals surface area (Å²) in [7, 11) is 0. The first kappa shape index (κ1) is 13.5. The predicted octanol–water partition coefficient (Wildman–Crippen LogP) is 2.80. The molecule has 0 saturated carbocycles. The highest BCUT2D eigenvalue weighted by Gasteiger charge is 2.21. The van der Waals surface area contributed by atoms with Gasteiger partial charge in [0.25, 0.3) is 0 Å². The van der Waals surface area contributed by atoms with E-state index in [0.717, 1.165) is 32.5 Å². The summed E-state index contributed by atoms with van der Waals surface area (Å²) >= 11 is 5.08. The Hall–Kier alpha value is -0.930. The zero-order valence-electron chi connectivity index (χ0n) is 11.3. The number of nitrogens with two attached hydrogens (primary N) is 1. The summed E-state index contributed by atoms with van der Waals surface area (Å²) in [6.07, 6.45) is 2.22. The van der Waals surface area contributed by atoms with Crippen LogP contribution in [0.3, 0.4) is 0 Å². The topological polar surface area (TPSA) is 29.3 Å². The lowest BCUT2D eigenvalue weighted by molar-refractivity contribution is 0.202. The minimum absolute atomic E-state index is 0.454. The molecule has 1 aliphatic heterocycles. The molecule has 1 aliphatic rings. The molecule has 0 spiro atoms. The zero-order chi connectivity index (χ0) is 13.1. The number of hydrogen-bond acceptors (Lipinski definition) is 2. The van der Waals surface area contributed by atoms with Crippen LogP contribution in [0, 0.1) is 19.8 Å². The van der Waals surface area contributed by atoms with Gasteiger partial charge in [0.15, 0.2) is 0 Å². The number of nitrogens with zero attached hydrogens (tertiary/aromatic N) is 1. The van der Waals surface area contributed by atoms with Gasteiger partial charge in [-0.25, -0.2) is 0 Å². The average Bonchev–Trinajstić information content (AvgIpc) is 2.34. The number of hydrogen-bond donors (Lipinski definition) is 1. The molecule has 0 bridgehead atoms. The highest BCUT2D eigenvalue weighted by Crippen LogP contribution is 2.20. The molecule has 0 atom stereocenters. The second-order valence-corrected chi connectivity index (χ2v) is 5.85. The molecule has 0 aliphatic carbocycles. The Balaban J connectivity index is 1.95. The van der Waals surface area contributed by atoms with Gasteiger partial charge in [0.2, 0.25) is 0 Å². The van der Waals surface area contributed by atoms with Crippen LogP contribution in [0.2, 0.25) is 0 Å². The fourth-order valence-corrected chi connectivity index (χ4v) is 2.82. The molecule has 2 rings (SSSR count). The molecule has 0 amide bonds. The van der Waals surface area contributed by atoms with Gasteiger partial charge >= 0.3 is 0 Å². The van der Waals surface area contributed by atoms with Gasteiger partial charge in [0, 0.05) is 12.5 Å². The first-order valence-corrected chi connectivity index (χ1v) is 7.05. The number of benzene rings is 1. The maximum atomic E-state index is 5.72. The van der Waals surface area contributed by atoms with Crippen LogP contribution in [-0.2, 0) is 6.54 Å². The van der Waals surface area contributed by atoms with Crippen molar-refractivity contribution in [2.24, 2.45) is 11.7 Å². The van der Waals surface area contributed by atoms with Crippen LogP contribution in [0.5, 0.6) is 0 Å². The molecular formula is C15H22N2S. The normalized spacial score (nSPS) is 17.9. The minimum atomic E-state index is 0.454. The Morgan fingerprint density at radius 1 is 1.33 bits per heavy atom. The van der Waals surface area contributed by atoms with Crippen molar-refractivity contribution in [3.05, 3.63) is 34.9 Å². The molecule has 2 N–H and O–H groups in total. The fraction of sp³-hybridized carbons (Fsp3) is 0.533. The van der Waals surface area contributed by atoms with Crippen LogP contribution in [0.1, 0.15) is 29.5 Å². The molecule has 1 heterocycles. The van der Waals surface area contributed by atoms with Gasteiger partial charge in [-0.1, -0.05) is 36.0 Å². The van der Waals surface area contributed by atoms with Crippen molar-refractivity contribution >= 4 is 17.2 Å². The second-order valence-electron chi connectivity index (χ2n) is 5.38. The Labute approximate surface area is 115 Å². The van der Waals surface area contributed by atoms with Crippen LogP contribution in [0.4, 0.5) is 0 Å². The Morgan fingerprint density at radius 3 is 2.61 bits per heavy atom. The third-order valence-corrected chi connectivity index (χ3v) is 4.22. The smallest absolute Gasteiger partial charge is 0.0759 e. The average molecular weight is 262 g/mol. The van der Waals surface area contributed by atoms with Crippen LogP contribution in [0.15, 0.2) is 18.2 Å². The van der Waals surface area contributed by atoms with Gasteiger partial charge in [0.1, 0.15) is 0 Å². The van der Waals surface area contributed by atoms with Crippen LogP contribution in [0.25, 0.3) is 0 Å². The monoisotopic (exact) mass is 262 g/mol. The summed E-state index contributed by atoms with van der Waals surface area (Å²) in [6, 6.07) is 6.69. The minimum Gasteiger partial charge on any atom is -0.393 e. The highest BCUT2D eigenvalue weighted by atomic mass is 32.1. The van der Waals surface area contributed by atoms with E-state index in [0.29, 0.717) is 10.9 Å². The molecule has 1 saturated heterocycles. The van der Waals surface area contributed by atoms with Crippen molar-refractivity contribution in [2.75, 3.05) is 13.1 Å². The number of likely N-dealkylation sites (tertiary alicyclic amines) is 1. The maximum absolute atomic E-state index is 5.72. The number of rotatable bonds is 3. The van der Waals surface area contributed by atoms with E-state index in [1.54, 1.807) is 0 Å². The van der Waals surface area contributed by atoms with E-state index in [-0.39, 0.29) is 0 Å². The summed E-state index contributed by atoms with van der Waals surface area (Å²) in [4.78, 5) is 3.21. The third-order valence-electron chi connectivity index (χ3n) is 3.89. The maximum Gasteiger partial charge on any atom is 0.0759 e. The molecule has 18 heavy (non-hydrogen) atoms. The first-order valence-electron chi connectivity index (χ1n) is 6.64. The van der Waals surface area contributed by atoms with E-state index in [2.05, 4.69) is 36.9 Å². The Kier molecular flexibility index (Phi) is 4.36. The molecule has 2 nitrogen and oxygen atoms in total. The van der Waals surface area contributed by atoms with E-state index in [9.17, 15) is 0 Å². The summed E-state index contributed by atoms with van der Waals surface area (Å²) in [5.74, 6) is 0.454. The van der Waals surface area contributed by atoms with Crippen LogP contribution >= 0.6 is 12.2 Å². The quantitative estimate of drug-likeness (QED) is 0.849. The van der Waals surface area contributed by atoms with Gasteiger partial charge in [-0.3, -0.25) is 4.90 Å². The molecule has 0 aromatic heterocycles. The number of thiocarbonyl (C=S) groups is 1. The molecule has 98 valence electrons. The highest BCUT2D eigenvalue weighted by molar-refractivity contribution is 7.80. The van der Waals surface area contributed by atoms with Crippen molar-refractivity contribution in [3.8, 4) is 0 Å². The van der Waals surface area contributed by atoms with E-state index in [1.807, 2.05) is 0 Å². The van der Waals surface area contributed by atoms with Crippen molar-refractivity contribution < 1.29 is 0 Å². The van der Waals surface area contributed by atoms with Crippen molar-refractivity contribution in [2.45, 2.75) is 33.2 Å². The van der Waals surface area contributed by atoms with E-state index in [4.69, 9.17) is 18.0 Å². The molecule has 1 aromatic carbocycles. The van der Waals surface area contributed by atoms with Crippen LogP contribution < -0.4 is 5.73 Å². The van der Waals surface area contributed by atoms with Crippen molar-refractivity contribution in [3.63, 3.8) is 0 Å². The van der Waals surface area contributed by atoms with E-state index >= 15 is 0 Å². The lowest BCUT2D eigenvalue weighted by atomic mass is 9.96. The molecule has 1 aromatic rings. The largest absolute Gasteiger partial charge is 0.393 e. The molecule has 3 heteroatoms. The van der Waals surface area contributed by atoms with Gasteiger partial charge in [-0.2, -0.15) is 0 Å². The standard InChI is InChI=1S/C15H22N2S/c1-11-3-4-12(2)14(9-11)10-17-7-5-13(6-8-17)15(16)18/h3-4,9,13H,5-8,10H2,1-2H3,(H2,16,18). The SMILES string of the molecule is Cc1ccc(C)c(CN2CCC(C(N)=S)CC2)c1.